The first-order valence-electron chi connectivity index (χ1n) is 10.6. The van der Waals surface area contributed by atoms with Crippen LogP contribution in [-0.2, 0) is 16.0 Å². The van der Waals surface area contributed by atoms with Crippen molar-refractivity contribution in [1.29, 1.82) is 0 Å². The van der Waals surface area contributed by atoms with E-state index in [4.69, 9.17) is 4.74 Å². The van der Waals surface area contributed by atoms with Gasteiger partial charge >= 0.3 is 5.97 Å². The van der Waals surface area contributed by atoms with E-state index in [9.17, 15) is 4.79 Å². The molecule has 4 heteroatoms. The Morgan fingerprint density at radius 1 is 1.21 bits per heavy atom. The molecule has 29 heavy (non-hydrogen) atoms. The molecule has 0 radical (unpaired) electrons. The summed E-state index contributed by atoms with van der Waals surface area (Å²) in [7, 11) is 0. The fraction of sp³-hybridized carbons (Fsp3) is 0.400. The summed E-state index contributed by atoms with van der Waals surface area (Å²) in [6, 6.07) is 17.6. The number of ether oxygens (including phenoxy) is 1. The molecule has 1 N–H and O–H groups in total. The number of aryl methyl sites for hydroxylation is 1. The lowest BCUT2D eigenvalue weighted by atomic mass is 9.77. The molecule has 2 fully saturated rings. The van der Waals surface area contributed by atoms with Crippen molar-refractivity contribution in [2.75, 3.05) is 6.61 Å². The molecule has 4 atom stereocenters. The number of fused-ring (bicyclic) bond motifs is 2. The average molecular weight is 501 g/mol. The summed E-state index contributed by atoms with van der Waals surface area (Å²) in [4.78, 5) is 13.1. The molecule has 2 bridgehead atoms. The Bertz CT molecular complexity index is 880. The molecule has 2 heterocycles. The van der Waals surface area contributed by atoms with Crippen LogP contribution < -0.4 is 5.32 Å². The van der Waals surface area contributed by atoms with Gasteiger partial charge < -0.3 is 10.1 Å². The highest BCUT2D eigenvalue weighted by atomic mass is 127. The Morgan fingerprint density at radius 3 is 2.79 bits per heavy atom. The molecule has 0 aromatic heterocycles. The van der Waals surface area contributed by atoms with E-state index in [1.165, 1.54) is 14.7 Å². The average Bonchev–Trinajstić information content (AvgIpc) is 3.12. The lowest BCUT2D eigenvalue weighted by molar-refractivity contribution is -0.149. The number of nitrogens with one attached hydrogen (secondary N) is 1. The molecule has 0 aliphatic carbocycles. The van der Waals surface area contributed by atoms with E-state index in [1.54, 1.807) is 0 Å². The van der Waals surface area contributed by atoms with Crippen LogP contribution in [0, 0.1) is 9.49 Å². The maximum Gasteiger partial charge on any atom is 0.311 e. The Kier molecular flexibility index (Phi) is 6.70. The molecule has 2 saturated heterocycles. The van der Waals surface area contributed by atoms with E-state index < -0.39 is 0 Å². The van der Waals surface area contributed by atoms with E-state index >= 15 is 0 Å². The van der Waals surface area contributed by atoms with Crippen molar-refractivity contribution in [3.63, 3.8) is 0 Å². The van der Waals surface area contributed by atoms with E-state index in [2.05, 4.69) is 53.0 Å². The number of carbonyl (C=O) groups is 1. The fourth-order valence-corrected chi connectivity index (χ4v) is 5.70. The second-order valence-corrected chi connectivity index (χ2v) is 9.23. The van der Waals surface area contributed by atoms with Crippen molar-refractivity contribution in [3.05, 3.63) is 74.9 Å². The van der Waals surface area contributed by atoms with Crippen molar-refractivity contribution in [2.45, 2.75) is 50.6 Å². The summed E-state index contributed by atoms with van der Waals surface area (Å²) in [6.45, 7) is 2.50. The molecule has 2 aromatic carbocycles. The van der Waals surface area contributed by atoms with Gasteiger partial charge in [-0.3, -0.25) is 4.79 Å². The molecule has 0 amide bonds. The van der Waals surface area contributed by atoms with Crippen molar-refractivity contribution < 1.29 is 9.53 Å². The maximum absolute atomic E-state index is 13.1. The van der Waals surface area contributed by atoms with Gasteiger partial charge in [-0.2, -0.15) is 0 Å². The highest BCUT2D eigenvalue weighted by molar-refractivity contribution is 14.1. The number of rotatable bonds is 6. The smallest absolute Gasteiger partial charge is 0.311 e. The summed E-state index contributed by atoms with van der Waals surface area (Å²) in [5.41, 5.74) is 3.77. The molecule has 3 nitrogen and oxygen atoms in total. The minimum Gasteiger partial charge on any atom is -0.461 e. The third-order valence-electron chi connectivity index (χ3n) is 6.27. The minimum atomic E-state index is -0.109. The van der Waals surface area contributed by atoms with Crippen LogP contribution in [0.15, 0.2) is 54.6 Å². The molecule has 2 aliphatic rings. The van der Waals surface area contributed by atoms with Gasteiger partial charge in [0.25, 0.3) is 0 Å². The largest absolute Gasteiger partial charge is 0.461 e. The first kappa shape index (κ1) is 20.6. The molecular weight excluding hydrogens is 473 g/mol. The van der Waals surface area contributed by atoms with Crippen LogP contribution in [0.5, 0.6) is 0 Å². The number of piperidine rings is 1. The zero-order valence-electron chi connectivity index (χ0n) is 16.8. The zero-order valence-corrected chi connectivity index (χ0v) is 19.0. The van der Waals surface area contributed by atoms with Gasteiger partial charge in [0, 0.05) is 21.6 Å². The number of esters is 1. The second kappa shape index (κ2) is 9.43. The molecule has 2 unspecified atom stereocenters. The molecule has 4 rings (SSSR count). The Labute approximate surface area is 187 Å². The van der Waals surface area contributed by atoms with Crippen LogP contribution in [0.2, 0.25) is 0 Å². The van der Waals surface area contributed by atoms with Crippen molar-refractivity contribution in [2.24, 2.45) is 5.92 Å². The Morgan fingerprint density at radius 2 is 2.03 bits per heavy atom. The van der Waals surface area contributed by atoms with E-state index in [0.717, 1.165) is 31.2 Å². The first-order valence-corrected chi connectivity index (χ1v) is 11.7. The summed E-state index contributed by atoms with van der Waals surface area (Å²) >= 11 is 2.42. The molecule has 2 aromatic rings. The van der Waals surface area contributed by atoms with Gasteiger partial charge in [0.2, 0.25) is 0 Å². The van der Waals surface area contributed by atoms with E-state index in [1.807, 2.05) is 42.5 Å². The lowest BCUT2D eigenvalue weighted by Crippen LogP contribution is -2.48. The summed E-state index contributed by atoms with van der Waals surface area (Å²) in [5, 5.41) is 3.65. The van der Waals surface area contributed by atoms with Gasteiger partial charge in [0.15, 0.2) is 0 Å². The summed E-state index contributed by atoms with van der Waals surface area (Å²) in [5.74, 6) is 0.0565. The van der Waals surface area contributed by atoms with Crippen LogP contribution in [0.3, 0.4) is 0 Å². The summed E-state index contributed by atoms with van der Waals surface area (Å²) in [6.07, 6.45) is 8.19. The van der Waals surface area contributed by atoms with Crippen LogP contribution in [0.1, 0.15) is 48.8 Å². The number of hydrogen-bond donors (Lipinski definition) is 1. The predicted octanol–water partition coefficient (Wildman–Crippen LogP) is 5.33. The summed E-state index contributed by atoms with van der Waals surface area (Å²) < 4.78 is 7.01. The molecule has 0 saturated carbocycles. The number of benzene rings is 2. The topological polar surface area (TPSA) is 38.3 Å². The van der Waals surface area contributed by atoms with Gasteiger partial charge in [-0.05, 0) is 77.1 Å². The molecular formula is C25H28INO2. The van der Waals surface area contributed by atoms with Gasteiger partial charge in [-0.1, -0.05) is 55.5 Å². The maximum atomic E-state index is 13.1. The zero-order chi connectivity index (χ0) is 20.2. The van der Waals surface area contributed by atoms with Crippen molar-refractivity contribution in [3.8, 4) is 0 Å². The van der Waals surface area contributed by atoms with Crippen LogP contribution in [-0.4, -0.2) is 24.7 Å². The Hall–Kier alpha value is -1.66. The van der Waals surface area contributed by atoms with E-state index in [-0.39, 0.29) is 23.8 Å². The third kappa shape index (κ3) is 4.75. The van der Waals surface area contributed by atoms with Gasteiger partial charge in [0.1, 0.15) is 6.61 Å². The first-order chi connectivity index (χ1) is 14.2. The fourth-order valence-electron chi connectivity index (χ4n) is 4.78. The monoisotopic (exact) mass is 501 g/mol. The number of hydrogen-bond acceptors (Lipinski definition) is 3. The van der Waals surface area contributed by atoms with Crippen molar-refractivity contribution >= 4 is 34.6 Å². The van der Waals surface area contributed by atoms with Crippen molar-refractivity contribution in [1.82, 2.24) is 5.32 Å². The highest BCUT2D eigenvalue weighted by Gasteiger charge is 2.46. The van der Waals surface area contributed by atoms with Gasteiger partial charge in [-0.25, -0.2) is 0 Å². The normalized spacial score (nSPS) is 26.0. The second-order valence-electron chi connectivity index (χ2n) is 8.06. The standard InChI is InChI=1S/C25H28INO2/c1-2-18-10-11-19(15-22(18)26)21-16-20-12-13-23(27-20)24(21)25(28)29-14-6-9-17-7-4-3-5-8-17/h3-11,15,20-21,23-24,27H,2,12-14,16H2,1H3/t20-,21-,23?,24?/m1/s1. The van der Waals surface area contributed by atoms with Crippen LogP contribution >= 0.6 is 22.6 Å². The quantitative estimate of drug-likeness (QED) is 0.430. The predicted molar refractivity (Wildman–Crippen MR) is 126 cm³/mol. The van der Waals surface area contributed by atoms with Crippen LogP contribution in [0.4, 0.5) is 0 Å². The third-order valence-corrected chi connectivity index (χ3v) is 7.28. The minimum absolute atomic E-state index is 0.0693. The molecule has 152 valence electrons. The highest BCUT2D eigenvalue weighted by Crippen LogP contribution is 2.42. The van der Waals surface area contributed by atoms with Gasteiger partial charge in [0.05, 0.1) is 5.92 Å². The number of carbonyl (C=O) groups excluding carboxylic acids is 1. The van der Waals surface area contributed by atoms with Gasteiger partial charge in [-0.15, -0.1) is 0 Å². The Balaban J connectivity index is 1.47. The lowest BCUT2D eigenvalue weighted by Gasteiger charge is -2.36. The van der Waals surface area contributed by atoms with E-state index in [0.29, 0.717) is 12.6 Å². The molecule has 2 aliphatic heterocycles. The molecule has 0 spiro atoms. The SMILES string of the molecule is CCc1ccc([C@H]2C[C@H]3CCC(N3)C2C(=O)OCC=Cc2ccccc2)cc1I. The number of halogens is 1. The van der Waals surface area contributed by atoms with Crippen LogP contribution in [0.25, 0.3) is 6.08 Å².